The molecule has 0 spiro atoms. The van der Waals surface area contributed by atoms with Crippen molar-refractivity contribution in [3.05, 3.63) is 58.7 Å². The fraction of sp³-hybridized carbons (Fsp3) is 0.235. The summed E-state index contributed by atoms with van der Waals surface area (Å²) in [6.07, 6.45) is -4.53. The Bertz CT molecular complexity index is 790. The van der Waals surface area contributed by atoms with E-state index >= 15 is 0 Å². The van der Waals surface area contributed by atoms with Crippen molar-refractivity contribution in [3.63, 3.8) is 0 Å². The first-order valence-electron chi connectivity index (χ1n) is 6.98. The van der Waals surface area contributed by atoms with Gasteiger partial charge < -0.3 is 5.11 Å². The molecule has 2 aromatic rings. The largest absolute Gasteiger partial charge is 0.507 e. The van der Waals surface area contributed by atoms with Gasteiger partial charge in [-0.3, -0.25) is 9.00 Å². The van der Waals surface area contributed by atoms with Crippen LogP contribution < -0.4 is 0 Å². The molecule has 0 aliphatic heterocycles. The van der Waals surface area contributed by atoms with E-state index in [4.69, 9.17) is 0 Å². The lowest BCUT2D eigenvalue weighted by atomic mass is 10.0. The SMILES string of the molecule is Cc1cc(C(=O)C[S@@](=O)c2cccc(C(F)(F)F)c2)cc(C)c1O. The van der Waals surface area contributed by atoms with Gasteiger partial charge in [0, 0.05) is 10.5 Å². The van der Waals surface area contributed by atoms with Crippen LogP contribution in [-0.4, -0.2) is 20.9 Å². The number of carbonyl (C=O) groups excluding carboxylic acids is 1. The summed E-state index contributed by atoms with van der Waals surface area (Å²) in [4.78, 5) is 12.2. The van der Waals surface area contributed by atoms with Crippen LogP contribution >= 0.6 is 0 Å². The molecular formula is C17H15F3O3S. The van der Waals surface area contributed by atoms with E-state index in [9.17, 15) is 27.3 Å². The molecule has 0 unspecified atom stereocenters. The number of alkyl halides is 3. The van der Waals surface area contributed by atoms with Crippen molar-refractivity contribution < 1.29 is 27.3 Å². The van der Waals surface area contributed by atoms with Crippen LogP contribution in [0.5, 0.6) is 5.75 Å². The van der Waals surface area contributed by atoms with Crippen molar-refractivity contribution >= 4 is 16.6 Å². The lowest BCUT2D eigenvalue weighted by Crippen LogP contribution is -2.13. The molecule has 7 heteroatoms. The zero-order valence-electron chi connectivity index (χ0n) is 13.0. The molecule has 0 heterocycles. The van der Waals surface area contributed by atoms with Crippen molar-refractivity contribution in [2.75, 3.05) is 5.75 Å². The van der Waals surface area contributed by atoms with Crippen LogP contribution in [0.25, 0.3) is 0 Å². The van der Waals surface area contributed by atoms with Crippen LogP contribution in [-0.2, 0) is 17.0 Å². The summed E-state index contributed by atoms with van der Waals surface area (Å²) in [6, 6.07) is 7.06. The smallest absolute Gasteiger partial charge is 0.416 e. The van der Waals surface area contributed by atoms with E-state index in [1.165, 1.54) is 18.2 Å². The molecule has 0 radical (unpaired) electrons. The summed E-state index contributed by atoms with van der Waals surface area (Å²) in [5.41, 5.74) is 0.367. The van der Waals surface area contributed by atoms with Crippen molar-refractivity contribution in [2.24, 2.45) is 0 Å². The highest BCUT2D eigenvalue weighted by atomic mass is 32.2. The average Bonchev–Trinajstić information content (AvgIpc) is 2.51. The second-order valence-electron chi connectivity index (χ2n) is 5.40. The van der Waals surface area contributed by atoms with Gasteiger partial charge in [0.2, 0.25) is 0 Å². The van der Waals surface area contributed by atoms with Crippen molar-refractivity contribution in [3.8, 4) is 5.75 Å². The molecule has 0 fully saturated rings. The topological polar surface area (TPSA) is 54.4 Å². The second-order valence-corrected chi connectivity index (χ2v) is 6.85. The summed E-state index contributed by atoms with van der Waals surface area (Å²) in [6.45, 7) is 3.26. The molecule has 0 bridgehead atoms. The fourth-order valence-electron chi connectivity index (χ4n) is 2.22. The van der Waals surface area contributed by atoms with E-state index in [0.717, 1.165) is 18.2 Å². The molecule has 3 nitrogen and oxygen atoms in total. The molecule has 0 aliphatic rings. The summed E-state index contributed by atoms with van der Waals surface area (Å²) in [5, 5.41) is 9.70. The van der Waals surface area contributed by atoms with Crippen LogP contribution in [0.2, 0.25) is 0 Å². The maximum atomic E-state index is 12.7. The van der Waals surface area contributed by atoms with Crippen LogP contribution in [0.3, 0.4) is 0 Å². The predicted molar refractivity (Wildman–Crippen MR) is 84.6 cm³/mol. The Morgan fingerprint density at radius 1 is 1.12 bits per heavy atom. The molecule has 24 heavy (non-hydrogen) atoms. The normalized spacial score (nSPS) is 12.9. The minimum absolute atomic E-state index is 0.0506. The van der Waals surface area contributed by atoms with Gasteiger partial charge in [0.05, 0.1) is 22.1 Å². The maximum Gasteiger partial charge on any atom is 0.416 e. The van der Waals surface area contributed by atoms with Gasteiger partial charge in [0.1, 0.15) is 5.75 Å². The number of Topliss-reactive ketones (excluding diaryl/α,β-unsaturated/α-hetero) is 1. The Balaban J connectivity index is 2.22. The number of rotatable bonds is 4. The van der Waals surface area contributed by atoms with Crippen LogP contribution in [0.1, 0.15) is 27.0 Å². The number of carbonyl (C=O) groups is 1. The van der Waals surface area contributed by atoms with E-state index < -0.39 is 34.1 Å². The maximum absolute atomic E-state index is 12.7. The van der Waals surface area contributed by atoms with Gasteiger partial charge in [0.15, 0.2) is 5.78 Å². The molecule has 0 aliphatic carbocycles. The third-order valence-electron chi connectivity index (χ3n) is 3.50. The Hall–Kier alpha value is -2.15. The Labute approximate surface area is 139 Å². The molecule has 1 N–H and O–H groups in total. The molecule has 128 valence electrons. The van der Waals surface area contributed by atoms with E-state index in [1.807, 2.05) is 0 Å². The first-order valence-corrected chi connectivity index (χ1v) is 8.30. The highest BCUT2D eigenvalue weighted by molar-refractivity contribution is 7.85. The van der Waals surface area contributed by atoms with Gasteiger partial charge in [-0.1, -0.05) is 6.07 Å². The molecule has 2 rings (SSSR count). The molecule has 2 aromatic carbocycles. The number of hydrogen-bond acceptors (Lipinski definition) is 3. The van der Waals surface area contributed by atoms with Gasteiger partial charge in [-0.2, -0.15) is 13.2 Å². The van der Waals surface area contributed by atoms with Gasteiger partial charge in [-0.15, -0.1) is 0 Å². The van der Waals surface area contributed by atoms with E-state index in [0.29, 0.717) is 11.1 Å². The molecule has 0 amide bonds. The quantitative estimate of drug-likeness (QED) is 0.842. The van der Waals surface area contributed by atoms with Gasteiger partial charge in [-0.05, 0) is 55.3 Å². The molecule has 1 atom stereocenters. The van der Waals surface area contributed by atoms with Crippen molar-refractivity contribution in [2.45, 2.75) is 24.9 Å². The zero-order valence-corrected chi connectivity index (χ0v) is 13.8. The van der Waals surface area contributed by atoms with Gasteiger partial charge in [0.25, 0.3) is 0 Å². The van der Waals surface area contributed by atoms with Crippen LogP contribution in [0.4, 0.5) is 13.2 Å². The lowest BCUT2D eigenvalue weighted by molar-refractivity contribution is -0.137. The zero-order chi connectivity index (χ0) is 18.1. The summed E-state index contributed by atoms with van der Waals surface area (Å²) < 4.78 is 50.3. The molecule has 0 saturated carbocycles. The average molecular weight is 356 g/mol. The third kappa shape index (κ3) is 4.03. The monoisotopic (exact) mass is 356 g/mol. The first kappa shape index (κ1) is 18.2. The van der Waals surface area contributed by atoms with Crippen molar-refractivity contribution in [1.82, 2.24) is 0 Å². The number of halogens is 3. The Morgan fingerprint density at radius 2 is 1.71 bits per heavy atom. The number of aromatic hydroxyl groups is 1. The highest BCUT2D eigenvalue weighted by Crippen LogP contribution is 2.30. The fourth-order valence-corrected chi connectivity index (χ4v) is 3.28. The predicted octanol–water partition coefficient (Wildman–Crippen LogP) is 4.02. The van der Waals surface area contributed by atoms with Crippen molar-refractivity contribution in [1.29, 1.82) is 0 Å². The Morgan fingerprint density at radius 3 is 2.25 bits per heavy atom. The number of benzene rings is 2. The van der Waals surface area contributed by atoms with Crippen LogP contribution in [0, 0.1) is 13.8 Å². The number of phenols is 1. The van der Waals surface area contributed by atoms with E-state index in [2.05, 4.69) is 0 Å². The first-order chi connectivity index (χ1) is 11.1. The minimum atomic E-state index is -4.53. The number of phenolic OH excluding ortho intramolecular Hbond substituents is 1. The van der Waals surface area contributed by atoms with Gasteiger partial charge >= 0.3 is 6.18 Å². The highest BCUT2D eigenvalue weighted by Gasteiger charge is 2.31. The summed E-state index contributed by atoms with van der Waals surface area (Å²) >= 11 is 0. The number of hydrogen-bond donors (Lipinski definition) is 1. The molecule has 0 aromatic heterocycles. The summed E-state index contributed by atoms with van der Waals surface area (Å²) in [5.74, 6) is -0.812. The number of aryl methyl sites for hydroxylation is 2. The standard InChI is InChI=1S/C17H15F3O3S/c1-10-6-12(7-11(2)16(10)22)15(21)9-24(23)14-5-3-4-13(8-14)17(18,19)20/h3-8,22H,9H2,1-2H3/t24-/m1/s1. The molecular weight excluding hydrogens is 341 g/mol. The van der Waals surface area contributed by atoms with Crippen LogP contribution in [0.15, 0.2) is 41.3 Å². The number of ketones is 1. The molecule has 0 saturated heterocycles. The Kier molecular flexibility index (Phi) is 5.13. The third-order valence-corrected chi connectivity index (χ3v) is 4.80. The lowest BCUT2D eigenvalue weighted by Gasteiger charge is -2.09. The second kappa shape index (κ2) is 6.76. The van der Waals surface area contributed by atoms with E-state index in [-0.39, 0.29) is 16.2 Å². The van der Waals surface area contributed by atoms with Gasteiger partial charge in [-0.25, -0.2) is 0 Å². The summed E-state index contributed by atoms with van der Waals surface area (Å²) in [7, 11) is -1.89. The van der Waals surface area contributed by atoms with E-state index in [1.54, 1.807) is 13.8 Å². The minimum Gasteiger partial charge on any atom is -0.507 e.